The van der Waals surface area contributed by atoms with Crippen molar-refractivity contribution in [2.24, 2.45) is 0 Å². The zero-order chi connectivity index (χ0) is 9.14. The van der Waals surface area contributed by atoms with Gasteiger partial charge >= 0.3 is 0 Å². The molecule has 4 nitrogen and oxygen atoms in total. The van der Waals surface area contributed by atoms with Crippen molar-refractivity contribution >= 4 is 12.1 Å². The van der Waals surface area contributed by atoms with E-state index < -0.39 is 0 Å². The van der Waals surface area contributed by atoms with Gasteiger partial charge in [0.15, 0.2) is 6.29 Å². The van der Waals surface area contributed by atoms with Crippen molar-refractivity contribution in [3.63, 3.8) is 0 Å². The van der Waals surface area contributed by atoms with Gasteiger partial charge in [0.1, 0.15) is 12.0 Å². The van der Waals surface area contributed by atoms with E-state index in [2.05, 4.69) is 4.42 Å². The zero-order valence-corrected chi connectivity index (χ0v) is 6.79. The predicted molar refractivity (Wildman–Crippen MR) is 40.5 cm³/mol. The Bertz CT molecular complexity index is 307. The third kappa shape index (κ3) is 1.95. The second kappa shape index (κ2) is 3.21. The molecule has 1 aliphatic rings. The Morgan fingerprint density at radius 3 is 2.25 bits per heavy atom. The van der Waals surface area contributed by atoms with E-state index in [1.165, 1.54) is 20.1 Å². The van der Waals surface area contributed by atoms with Crippen LogP contribution in [-0.2, 0) is 4.79 Å². The van der Waals surface area contributed by atoms with Crippen molar-refractivity contribution in [1.82, 2.24) is 0 Å². The summed E-state index contributed by atoms with van der Waals surface area (Å²) in [5.41, 5.74) is 0. The lowest BCUT2D eigenvalue weighted by Gasteiger charge is -1.76. The highest BCUT2D eigenvalue weighted by Crippen LogP contribution is 2.48. The van der Waals surface area contributed by atoms with Gasteiger partial charge in [-0.2, -0.15) is 0 Å². The number of carbonyl (C=O) groups excluding carboxylic acids is 2. The topological polar surface area (TPSA) is 59.8 Å². The monoisotopic (exact) mass is 168 g/mol. The summed E-state index contributed by atoms with van der Waals surface area (Å²) >= 11 is 0. The molecule has 0 amide bonds. The third-order valence-corrected chi connectivity index (χ3v) is 1.02. The largest absolute Gasteiger partial charge is 0.453 e. The second-order valence-electron chi connectivity index (χ2n) is 2.42. The number of aldehydes is 1. The Hall–Kier alpha value is -1.58. The molecule has 0 saturated carbocycles. The number of furan rings is 1. The molecule has 0 fully saturated rings. The van der Waals surface area contributed by atoms with Gasteiger partial charge in [0.05, 0.1) is 0 Å². The van der Waals surface area contributed by atoms with E-state index in [-0.39, 0.29) is 5.78 Å². The fourth-order valence-electron chi connectivity index (χ4n) is 0.586. The SMILES string of the molecule is CC(C)=O.O=Cc1occ2c1O2. The van der Waals surface area contributed by atoms with E-state index in [1.807, 2.05) is 0 Å². The van der Waals surface area contributed by atoms with Crippen LogP contribution in [0.1, 0.15) is 24.4 Å². The van der Waals surface area contributed by atoms with Gasteiger partial charge in [0, 0.05) is 0 Å². The molecule has 2 rings (SSSR count). The molecule has 0 radical (unpaired) electrons. The maximum Gasteiger partial charge on any atom is 0.219 e. The zero-order valence-electron chi connectivity index (χ0n) is 6.79. The number of rotatable bonds is 1. The van der Waals surface area contributed by atoms with Gasteiger partial charge in [0.2, 0.25) is 17.3 Å². The third-order valence-electron chi connectivity index (χ3n) is 1.02. The molecule has 0 aromatic carbocycles. The summed E-state index contributed by atoms with van der Waals surface area (Å²) in [6, 6.07) is 0. The van der Waals surface area contributed by atoms with Gasteiger partial charge in [-0.15, -0.1) is 0 Å². The quantitative estimate of drug-likeness (QED) is 0.481. The second-order valence-corrected chi connectivity index (χ2v) is 2.42. The lowest BCUT2D eigenvalue weighted by molar-refractivity contribution is -0.114. The molecule has 2 heterocycles. The highest BCUT2D eigenvalue weighted by atomic mass is 16.6. The number of hydrogen-bond donors (Lipinski definition) is 0. The first-order chi connectivity index (χ1) is 5.65. The van der Waals surface area contributed by atoms with Crippen LogP contribution in [0, 0.1) is 0 Å². The molecule has 0 aliphatic carbocycles. The minimum absolute atomic E-state index is 0.167. The van der Waals surface area contributed by atoms with Crippen LogP contribution in [0.2, 0.25) is 0 Å². The number of ether oxygens (including phenoxy) is 1. The van der Waals surface area contributed by atoms with E-state index in [1.54, 1.807) is 0 Å². The van der Waals surface area contributed by atoms with Crippen LogP contribution < -0.4 is 4.74 Å². The van der Waals surface area contributed by atoms with Crippen LogP contribution >= 0.6 is 0 Å². The molecular formula is C8H8O4. The minimum Gasteiger partial charge on any atom is -0.453 e. The van der Waals surface area contributed by atoms with Crippen LogP contribution in [0.4, 0.5) is 0 Å². The molecule has 64 valence electrons. The van der Waals surface area contributed by atoms with Crippen LogP contribution in [0.25, 0.3) is 0 Å². The summed E-state index contributed by atoms with van der Waals surface area (Å²) in [5, 5.41) is 0. The van der Waals surface area contributed by atoms with Crippen LogP contribution in [0.15, 0.2) is 10.7 Å². The summed E-state index contributed by atoms with van der Waals surface area (Å²) in [6.07, 6.45) is 2.05. The lowest BCUT2D eigenvalue weighted by Crippen LogP contribution is -1.69. The van der Waals surface area contributed by atoms with E-state index in [0.717, 1.165) is 0 Å². The molecule has 0 atom stereocenters. The van der Waals surface area contributed by atoms with Crippen LogP contribution in [0.3, 0.4) is 0 Å². The van der Waals surface area contributed by atoms with E-state index >= 15 is 0 Å². The standard InChI is InChI=1S/C5H2O3.C3H6O/c6-1-3-5-4(8-5)2-7-3;1-3(2)4/h1-2H;1-2H3. The summed E-state index contributed by atoms with van der Waals surface area (Å²) < 4.78 is 9.43. The van der Waals surface area contributed by atoms with Crippen molar-refractivity contribution in [3.05, 3.63) is 12.0 Å². The highest BCUT2D eigenvalue weighted by Gasteiger charge is 2.28. The van der Waals surface area contributed by atoms with Gasteiger partial charge in [-0.3, -0.25) is 4.79 Å². The van der Waals surface area contributed by atoms with Gasteiger partial charge < -0.3 is 13.9 Å². The minimum atomic E-state index is 0.167. The van der Waals surface area contributed by atoms with E-state index in [4.69, 9.17) is 4.74 Å². The fraction of sp³-hybridized carbons (Fsp3) is 0.250. The molecule has 1 aromatic heterocycles. The normalized spacial score (nSPS) is 10.2. The summed E-state index contributed by atoms with van der Waals surface area (Å²) in [5.74, 6) is 1.74. The summed E-state index contributed by atoms with van der Waals surface area (Å²) in [7, 11) is 0. The first kappa shape index (κ1) is 8.52. The van der Waals surface area contributed by atoms with Crippen molar-refractivity contribution in [3.8, 4) is 11.5 Å². The molecule has 0 unspecified atom stereocenters. The Labute approximate surface area is 69.1 Å². The molecular weight excluding hydrogens is 160 g/mol. The molecule has 1 aliphatic heterocycles. The molecule has 12 heavy (non-hydrogen) atoms. The lowest BCUT2D eigenvalue weighted by atomic mass is 10.5. The Balaban J connectivity index is 0.000000157. The predicted octanol–water partition coefficient (Wildman–Crippen LogP) is 1.79. The van der Waals surface area contributed by atoms with E-state index in [0.29, 0.717) is 23.5 Å². The molecule has 0 spiro atoms. The molecule has 1 aromatic rings. The Morgan fingerprint density at radius 1 is 1.50 bits per heavy atom. The maximum atomic E-state index is 9.95. The van der Waals surface area contributed by atoms with Crippen LogP contribution in [-0.4, -0.2) is 12.1 Å². The molecule has 0 N–H and O–H groups in total. The van der Waals surface area contributed by atoms with Crippen molar-refractivity contribution in [1.29, 1.82) is 0 Å². The smallest absolute Gasteiger partial charge is 0.219 e. The average Bonchev–Trinajstić information content (AvgIpc) is 2.63. The van der Waals surface area contributed by atoms with Crippen molar-refractivity contribution < 1.29 is 18.7 Å². The van der Waals surface area contributed by atoms with Gasteiger partial charge in [-0.05, 0) is 13.8 Å². The number of fused-ring (bicyclic) bond motifs is 1. The Kier molecular flexibility index (Phi) is 2.28. The molecule has 0 bridgehead atoms. The summed E-state index contributed by atoms with van der Waals surface area (Å²) in [4.78, 5) is 19.4. The van der Waals surface area contributed by atoms with Crippen LogP contribution in [0.5, 0.6) is 11.5 Å². The number of carbonyl (C=O) groups is 2. The fourth-order valence-corrected chi connectivity index (χ4v) is 0.586. The number of hydrogen-bond acceptors (Lipinski definition) is 4. The Morgan fingerprint density at radius 2 is 2.08 bits per heavy atom. The number of ketones is 1. The molecule has 4 heteroatoms. The first-order valence-corrected chi connectivity index (χ1v) is 3.37. The maximum absolute atomic E-state index is 9.95. The summed E-state index contributed by atoms with van der Waals surface area (Å²) in [6.45, 7) is 3.06. The van der Waals surface area contributed by atoms with Gasteiger partial charge in [0.25, 0.3) is 0 Å². The number of Topliss-reactive ketones (excluding diaryl/α,β-unsaturated/α-hetero) is 1. The average molecular weight is 168 g/mol. The van der Waals surface area contributed by atoms with Gasteiger partial charge in [-0.25, -0.2) is 0 Å². The highest BCUT2D eigenvalue weighted by molar-refractivity contribution is 5.81. The first-order valence-electron chi connectivity index (χ1n) is 3.37. The molecule has 0 saturated heterocycles. The van der Waals surface area contributed by atoms with E-state index in [9.17, 15) is 9.59 Å². The van der Waals surface area contributed by atoms with Crippen molar-refractivity contribution in [2.75, 3.05) is 0 Å². The van der Waals surface area contributed by atoms with Gasteiger partial charge in [-0.1, -0.05) is 0 Å². The van der Waals surface area contributed by atoms with Crippen molar-refractivity contribution in [2.45, 2.75) is 13.8 Å².